The van der Waals surface area contributed by atoms with E-state index in [-0.39, 0.29) is 18.5 Å². The van der Waals surface area contributed by atoms with Gasteiger partial charge >= 0.3 is 5.97 Å². The van der Waals surface area contributed by atoms with Crippen molar-refractivity contribution in [3.63, 3.8) is 0 Å². The lowest BCUT2D eigenvalue weighted by molar-refractivity contribution is -0.153. The summed E-state index contributed by atoms with van der Waals surface area (Å²) >= 11 is 0. The molecule has 0 fully saturated rings. The first kappa shape index (κ1) is 16.7. The summed E-state index contributed by atoms with van der Waals surface area (Å²) < 4.78 is 5.15. The van der Waals surface area contributed by atoms with E-state index in [2.05, 4.69) is 0 Å². The highest BCUT2D eigenvalue weighted by atomic mass is 16.5. The molecule has 1 atom stereocenters. The molecule has 1 unspecified atom stereocenters. The van der Waals surface area contributed by atoms with Gasteiger partial charge < -0.3 is 9.84 Å². The van der Waals surface area contributed by atoms with E-state index in [0.29, 0.717) is 12.8 Å². The van der Waals surface area contributed by atoms with E-state index >= 15 is 0 Å². The number of aliphatic hydroxyl groups is 1. The minimum Gasteiger partial charge on any atom is -0.463 e. The lowest BCUT2D eigenvalue weighted by atomic mass is 9.87. The van der Waals surface area contributed by atoms with Gasteiger partial charge in [0.15, 0.2) is 0 Å². The van der Waals surface area contributed by atoms with Crippen LogP contribution in [0.2, 0.25) is 0 Å². The molecule has 1 aromatic carbocycles. The number of aryl methyl sites for hydroxylation is 1. The third-order valence-electron chi connectivity index (χ3n) is 3.28. The van der Waals surface area contributed by atoms with Crippen molar-refractivity contribution < 1.29 is 14.6 Å². The maximum Gasteiger partial charge on any atom is 0.308 e. The zero-order valence-electron chi connectivity index (χ0n) is 12.8. The van der Waals surface area contributed by atoms with Gasteiger partial charge in [0.2, 0.25) is 0 Å². The normalized spacial score (nSPS) is 14.1. The summed E-state index contributed by atoms with van der Waals surface area (Å²) in [6, 6.07) is 10.0. The number of rotatable bonds is 8. The molecule has 0 bridgehead atoms. The second kappa shape index (κ2) is 8.05. The Morgan fingerprint density at radius 1 is 1.25 bits per heavy atom. The molecule has 1 aromatic rings. The summed E-state index contributed by atoms with van der Waals surface area (Å²) in [5.74, 6) is -0.316. The smallest absolute Gasteiger partial charge is 0.308 e. The molecule has 20 heavy (non-hydrogen) atoms. The fourth-order valence-electron chi connectivity index (χ4n) is 2.36. The van der Waals surface area contributed by atoms with Crippen LogP contribution in [0.5, 0.6) is 0 Å². The predicted octanol–water partition coefficient (Wildman–Crippen LogP) is 3.49. The number of carbonyl (C=O) groups excluding carboxylic acids is 1. The second-order valence-corrected chi connectivity index (χ2v) is 5.68. The topological polar surface area (TPSA) is 46.5 Å². The highest BCUT2D eigenvalue weighted by Crippen LogP contribution is 2.25. The number of ether oxygens (including phenoxy) is 1. The molecule has 0 radical (unpaired) electrons. The van der Waals surface area contributed by atoms with Crippen LogP contribution in [0.3, 0.4) is 0 Å². The molecule has 0 amide bonds. The fraction of sp³-hybridized carbons (Fsp3) is 0.588. The predicted molar refractivity (Wildman–Crippen MR) is 80.5 cm³/mol. The summed E-state index contributed by atoms with van der Waals surface area (Å²) in [6.07, 6.45) is 2.76. The van der Waals surface area contributed by atoms with E-state index in [1.807, 2.05) is 51.1 Å². The Bertz CT molecular complexity index is 400. The average molecular weight is 278 g/mol. The van der Waals surface area contributed by atoms with Crippen molar-refractivity contribution in [2.75, 3.05) is 0 Å². The Hall–Kier alpha value is -1.35. The maximum atomic E-state index is 11.8. The summed E-state index contributed by atoms with van der Waals surface area (Å²) in [5.41, 5.74) is 0.218. The summed E-state index contributed by atoms with van der Waals surface area (Å²) in [6.45, 7) is 5.66. The van der Waals surface area contributed by atoms with Crippen LogP contribution in [0.4, 0.5) is 0 Å². The third-order valence-corrected chi connectivity index (χ3v) is 3.28. The Balaban J connectivity index is 2.59. The number of hydrogen-bond acceptors (Lipinski definition) is 3. The van der Waals surface area contributed by atoms with Gasteiger partial charge in [0.1, 0.15) is 0 Å². The van der Waals surface area contributed by atoms with Crippen LogP contribution in [0.25, 0.3) is 0 Å². The highest BCUT2D eigenvalue weighted by Gasteiger charge is 2.30. The minimum absolute atomic E-state index is 0.0753. The molecular weight excluding hydrogens is 252 g/mol. The lowest BCUT2D eigenvalue weighted by Gasteiger charge is -2.27. The number of hydrogen-bond donors (Lipinski definition) is 1. The lowest BCUT2D eigenvalue weighted by Crippen LogP contribution is -2.33. The molecule has 0 heterocycles. The van der Waals surface area contributed by atoms with Gasteiger partial charge in [-0.15, -0.1) is 0 Å². The van der Waals surface area contributed by atoms with Gasteiger partial charge in [-0.2, -0.15) is 0 Å². The van der Waals surface area contributed by atoms with E-state index < -0.39 is 5.60 Å². The molecule has 0 saturated carbocycles. The van der Waals surface area contributed by atoms with E-state index in [1.54, 1.807) is 0 Å². The first-order chi connectivity index (χ1) is 9.45. The van der Waals surface area contributed by atoms with Crippen molar-refractivity contribution in [2.24, 2.45) is 0 Å². The van der Waals surface area contributed by atoms with Gasteiger partial charge in [0.05, 0.1) is 18.1 Å². The van der Waals surface area contributed by atoms with Crippen molar-refractivity contribution >= 4 is 5.97 Å². The van der Waals surface area contributed by atoms with Crippen molar-refractivity contribution in [2.45, 2.75) is 64.6 Å². The van der Waals surface area contributed by atoms with Crippen molar-refractivity contribution in [1.29, 1.82) is 0 Å². The first-order valence-electron chi connectivity index (χ1n) is 7.41. The standard InChI is InChI=1S/C17H26O3/c1-4-11-17(19,13-16(18)20-14(2)3)12-10-15-8-6-5-7-9-15/h5-9,14,19H,4,10-13H2,1-3H3. The van der Waals surface area contributed by atoms with Crippen LogP contribution >= 0.6 is 0 Å². The van der Waals surface area contributed by atoms with Crippen molar-refractivity contribution in [1.82, 2.24) is 0 Å². The van der Waals surface area contributed by atoms with Crippen molar-refractivity contribution in [3.05, 3.63) is 35.9 Å². The molecule has 1 N–H and O–H groups in total. The molecule has 1 rings (SSSR count). The monoisotopic (exact) mass is 278 g/mol. The van der Waals surface area contributed by atoms with E-state index in [1.165, 1.54) is 5.56 Å². The summed E-state index contributed by atoms with van der Waals surface area (Å²) in [5, 5.41) is 10.7. The third kappa shape index (κ3) is 6.20. The van der Waals surface area contributed by atoms with Crippen LogP contribution in [0.1, 0.15) is 52.0 Å². The second-order valence-electron chi connectivity index (χ2n) is 5.68. The Kier molecular flexibility index (Phi) is 6.73. The van der Waals surface area contributed by atoms with Gasteiger partial charge in [0.25, 0.3) is 0 Å². The molecule has 0 aliphatic carbocycles. The number of esters is 1. The summed E-state index contributed by atoms with van der Waals surface area (Å²) in [7, 11) is 0. The molecule has 0 saturated heterocycles. The first-order valence-corrected chi connectivity index (χ1v) is 7.41. The largest absolute Gasteiger partial charge is 0.463 e. The average Bonchev–Trinajstić information content (AvgIpc) is 2.37. The summed E-state index contributed by atoms with van der Waals surface area (Å²) in [4.78, 5) is 11.8. The van der Waals surface area contributed by atoms with Crippen molar-refractivity contribution in [3.8, 4) is 0 Å². The molecule has 3 heteroatoms. The van der Waals surface area contributed by atoms with Crippen LogP contribution in [0, 0.1) is 0 Å². The molecular formula is C17H26O3. The molecule has 0 aliphatic heterocycles. The SMILES string of the molecule is CCCC(O)(CCc1ccccc1)CC(=O)OC(C)C. The molecule has 0 aliphatic rings. The van der Waals surface area contributed by atoms with Gasteiger partial charge in [-0.05, 0) is 38.7 Å². The van der Waals surface area contributed by atoms with Gasteiger partial charge in [-0.1, -0.05) is 43.7 Å². The molecule has 0 spiro atoms. The number of benzene rings is 1. The number of carbonyl (C=O) groups is 1. The van der Waals surface area contributed by atoms with Gasteiger partial charge in [-0.3, -0.25) is 4.79 Å². The Labute approximate surface area is 122 Å². The zero-order chi connectivity index (χ0) is 15.0. The van der Waals surface area contributed by atoms with E-state index in [0.717, 1.165) is 12.8 Å². The van der Waals surface area contributed by atoms with E-state index in [9.17, 15) is 9.90 Å². The maximum absolute atomic E-state index is 11.8. The van der Waals surface area contributed by atoms with Gasteiger partial charge in [0, 0.05) is 0 Å². The molecule has 3 nitrogen and oxygen atoms in total. The van der Waals surface area contributed by atoms with Crippen LogP contribution < -0.4 is 0 Å². The van der Waals surface area contributed by atoms with E-state index in [4.69, 9.17) is 4.74 Å². The molecule has 112 valence electrons. The Morgan fingerprint density at radius 3 is 2.45 bits per heavy atom. The van der Waals surface area contributed by atoms with Crippen LogP contribution in [-0.4, -0.2) is 22.8 Å². The van der Waals surface area contributed by atoms with Crippen LogP contribution in [0.15, 0.2) is 30.3 Å². The van der Waals surface area contributed by atoms with Gasteiger partial charge in [-0.25, -0.2) is 0 Å². The minimum atomic E-state index is -0.962. The fourth-order valence-corrected chi connectivity index (χ4v) is 2.36. The van der Waals surface area contributed by atoms with Crippen LogP contribution in [-0.2, 0) is 16.0 Å². The zero-order valence-corrected chi connectivity index (χ0v) is 12.8. The molecule has 0 aromatic heterocycles. The Morgan fingerprint density at radius 2 is 1.90 bits per heavy atom. The highest BCUT2D eigenvalue weighted by molar-refractivity contribution is 5.70. The quantitative estimate of drug-likeness (QED) is 0.740.